The van der Waals surface area contributed by atoms with Gasteiger partial charge in [-0.1, -0.05) is 13.0 Å². The van der Waals surface area contributed by atoms with Crippen LogP contribution >= 0.6 is 15.9 Å². The highest BCUT2D eigenvalue weighted by atomic mass is 79.9. The molecule has 1 aromatic carbocycles. The Labute approximate surface area is 132 Å². The molecule has 2 aromatic rings. The van der Waals surface area contributed by atoms with Crippen LogP contribution in [0.2, 0.25) is 0 Å². The number of ether oxygens (including phenoxy) is 1. The molecule has 0 aliphatic heterocycles. The van der Waals surface area contributed by atoms with E-state index < -0.39 is 0 Å². The third-order valence-corrected chi connectivity index (χ3v) is 4.26. The van der Waals surface area contributed by atoms with Crippen molar-refractivity contribution in [2.45, 2.75) is 32.9 Å². The first-order valence-corrected chi connectivity index (χ1v) is 7.61. The third kappa shape index (κ3) is 3.44. The number of nitrogens with zero attached hydrogens (tertiary/aromatic N) is 2. The molecule has 4 nitrogen and oxygen atoms in total. The second-order valence-electron chi connectivity index (χ2n) is 4.95. The molecule has 0 saturated heterocycles. The number of benzene rings is 1. The van der Waals surface area contributed by atoms with Crippen molar-refractivity contribution in [2.24, 2.45) is 12.8 Å². The Balaban J connectivity index is 2.13. The van der Waals surface area contributed by atoms with Crippen LogP contribution in [0.3, 0.4) is 0 Å². The number of halogens is 2. The maximum Gasteiger partial charge on any atom is 0.131 e. The molecule has 0 radical (unpaired) electrons. The Morgan fingerprint density at radius 1 is 1.48 bits per heavy atom. The van der Waals surface area contributed by atoms with E-state index in [2.05, 4.69) is 21.0 Å². The summed E-state index contributed by atoms with van der Waals surface area (Å²) < 4.78 is 22.2. The molecule has 0 fully saturated rings. The van der Waals surface area contributed by atoms with E-state index in [1.54, 1.807) is 23.7 Å². The molecular formula is C15H19BrFN3O. The predicted molar refractivity (Wildman–Crippen MR) is 83.6 cm³/mol. The lowest BCUT2D eigenvalue weighted by Gasteiger charge is -2.11. The van der Waals surface area contributed by atoms with Crippen LogP contribution < -0.4 is 10.5 Å². The first-order valence-electron chi connectivity index (χ1n) is 6.82. The van der Waals surface area contributed by atoms with Gasteiger partial charge in [0, 0.05) is 24.7 Å². The van der Waals surface area contributed by atoms with Crippen LogP contribution in [-0.4, -0.2) is 9.78 Å². The maximum absolute atomic E-state index is 13.9. The van der Waals surface area contributed by atoms with Crippen molar-refractivity contribution < 1.29 is 9.13 Å². The minimum atomic E-state index is -0.346. The van der Waals surface area contributed by atoms with Gasteiger partial charge in [-0.15, -0.1) is 0 Å². The summed E-state index contributed by atoms with van der Waals surface area (Å²) in [6.07, 6.45) is 0.839. The summed E-state index contributed by atoms with van der Waals surface area (Å²) in [5, 5.41) is 4.39. The molecule has 0 amide bonds. The largest absolute Gasteiger partial charge is 0.487 e. The van der Waals surface area contributed by atoms with Gasteiger partial charge in [-0.2, -0.15) is 5.10 Å². The molecule has 1 heterocycles. The third-order valence-electron chi connectivity index (χ3n) is 3.34. The molecule has 2 rings (SSSR count). The summed E-state index contributed by atoms with van der Waals surface area (Å²) in [5.74, 6) is 0.129. The minimum absolute atomic E-state index is 0.320. The Morgan fingerprint density at radius 2 is 2.19 bits per heavy atom. The number of hydrogen-bond donors (Lipinski definition) is 1. The van der Waals surface area contributed by atoms with Crippen LogP contribution in [0.25, 0.3) is 0 Å². The first-order chi connectivity index (χ1) is 9.93. The molecule has 6 heteroatoms. The van der Waals surface area contributed by atoms with Crippen molar-refractivity contribution in [3.8, 4) is 5.75 Å². The van der Waals surface area contributed by atoms with Crippen LogP contribution in [0, 0.1) is 5.82 Å². The van der Waals surface area contributed by atoms with E-state index in [1.165, 1.54) is 6.07 Å². The van der Waals surface area contributed by atoms with Gasteiger partial charge in [0.2, 0.25) is 0 Å². The van der Waals surface area contributed by atoms with Crippen LogP contribution in [0.1, 0.15) is 36.8 Å². The maximum atomic E-state index is 13.9. The zero-order chi connectivity index (χ0) is 15.6. The summed E-state index contributed by atoms with van der Waals surface area (Å²) >= 11 is 3.53. The highest BCUT2D eigenvalue weighted by Crippen LogP contribution is 2.25. The lowest BCUT2D eigenvalue weighted by Crippen LogP contribution is -2.08. The Morgan fingerprint density at radius 3 is 2.71 bits per heavy atom. The van der Waals surface area contributed by atoms with Crippen molar-refractivity contribution in [3.05, 3.63) is 45.4 Å². The quantitative estimate of drug-likeness (QED) is 0.892. The van der Waals surface area contributed by atoms with Crippen molar-refractivity contribution in [3.63, 3.8) is 0 Å². The molecule has 114 valence electrons. The summed E-state index contributed by atoms with van der Waals surface area (Å²) in [7, 11) is 1.86. The Hall–Kier alpha value is -1.40. The molecule has 0 bridgehead atoms. The van der Waals surface area contributed by atoms with Gasteiger partial charge < -0.3 is 10.5 Å². The molecule has 21 heavy (non-hydrogen) atoms. The summed E-state index contributed by atoms with van der Waals surface area (Å²) in [4.78, 5) is 0. The van der Waals surface area contributed by atoms with E-state index in [0.29, 0.717) is 17.9 Å². The molecule has 0 spiro atoms. The lowest BCUT2D eigenvalue weighted by molar-refractivity contribution is 0.292. The van der Waals surface area contributed by atoms with Crippen LogP contribution in [-0.2, 0) is 20.1 Å². The van der Waals surface area contributed by atoms with Crippen molar-refractivity contribution in [2.75, 3.05) is 0 Å². The molecule has 1 unspecified atom stereocenters. The van der Waals surface area contributed by atoms with Crippen LogP contribution in [0.4, 0.5) is 4.39 Å². The molecule has 1 aromatic heterocycles. The molecular weight excluding hydrogens is 337 g/mol. The van der Waals surface area contributed by atoms with Crippen LogP contribution in [0.5, 0.6) is 5.75 Å². The highest BCUT2D eigenvalue weighted by molar-refractivity contribution is 9.10. The second-order valence-corrected chi connectivity index (χ2v) is 5.74. The van der Waals surface area contributed by atoms with Gasteiger partial charge in [-0.25, -0.2) is 4.39 Å². The van der Waals surface area contributed by atoms with Gasteiger partial charge in [-0.3, -0.25) is 4.68 Å². The number of hydrogen-bond acceptors (Lipinski definition) is 3. The fraction of sp³-hybridized carbons (Fsp3) is 0.400. The van der Waals surface area contributed by atoms with Gasteiger partial charge in [0.1, 0.15) is 18.2 Å². The average Bonchev–Trinajstić information content (AvgIpc) is 2.71. The van der Waals surface area contributed by atoms with E-state index in [1.807, 2.05) is 14.0 Å². The fourth-order valence-corrected chi connectivity index (χ4v) is 2.83. The summed E-state index contributed by atoms with van der Waals surface area (Å²) in [5.41, 5.74) is 8.07. The number of nitrogens with two attached hydrogens (primary N) is 1. The van der Waals surface area contributed by atoms with Gasteiger partial charge in [-0.05, 0) is 35.3 Å². The van der Waals surface area contributed by atoms with E-state index in [9.17, 15) is 4.39 Å². The zero-order valence-electron chi connectivity index (χ0n) is 12.4. The zero-order valence-corrected chi connectivity index (χ0v) is 13.9. The normalized spacial score (nSPS) is 12.5. The molecule has 0 aliphatic carbocycles. The first kappa shape index (κ1) is 16.0. The van der Waals surface area contributed by atoms with Gasteiger partial charge in [0.25, 0.3) is 0 Å². The molecule has 0 saturated carbocycles. The van der Waals surface area contributed by atoms with Crippen LogP contribution in [0.15, 0.2) is 22.7 Å². The smallest absolute Gasteiger partial charge is 0.131 e. The fourth-order valence-electron chi connectivity index (χ4n) is 2.10. The Kier molecular flexibility index (Phi) is 5.00. The number of aryl methyl sites for hydroxylation is 2. The standard InChI is InChI=1S/C15H19BrFN3O/c1-4-13-15(16)14(20(3)19-13)8-21-10-5-6-11(9(2)18)12(17)7-10/h5-7,9H,4,8,18H2,1-3H3. The van der Waals surface area contributed by atoms with Gasteiger partial charge >= 0.3 is 0 Å². The van der Waals surface area contributed by atoms with Crippen molar-refractivity contribution in [1.82, 2.24) is 9.78 Å². The predicted octanol–water partition coefficient (Wildman–Crippen LogP) is 3.48. The molecule has 1 atom stereocenters. The van der Waals surface area contributed by atoms with E-state index >= 15 is 0 Å². The van der Waals surface area contributed by atoms with Gasteiger partial charge in [0.15, 0.2) is 0 Å². The Bertz CT molecular complexity index is 640. The van der Waals surface area contributed by atoms with Gasteiger partial charge in [0.05, 0.1) is 15.9 Å². The molecule has 0 aliphatic rings. The van der Waals surface area contributed by atoms with Crippen molar-refractivity contribution >= 4 is 15.9 Å². The monoisotopic (exact) mass is 355 g/mol. The average molecular weight is 356 g/mol. The number of aromatic nitrogens is 2. The van der Waals surface area contributed by atoms with E-state index in [-0.39, 0.29) is 11.9 Å². The second kappa shape index (κ2) is 6.58. The number of rotatable bonds is 5. The SMILES string of the molecule is CCc1nn(C)c(COc2ccc(C(C)N)c(F)c2)c1Br. The minimum Gasteiger partial charge on any atom is -0.487 e. The lowest BCUT2D eigenvalue weighted by atomic mass is 10.1. The highest BCUT2D eigenvalue weighted by Gasteiger charge is 2.14. The topological polar surface area (TPSA) is 53.1 Å². The molecule has 2 N–H and O–H groups in total. The van der Waals surface area contributed by atoms with E-state index in [4.69, 9.17) is 10.5 Å². The summed E-state index contributed by atoms with van der Waals surface area (Å²) in [6, 6.07) is 4.42. The summed E-state index contributed by atoms with van der Waals surface area (Å²) in [6.45, 7) is 4.11. The van der Waals surface area contributed by atoms with E-state index in [0.717, 1.165) is 22.3 Å². The van der Waals surface area contributed by atoms with Crippen molar-refractivity contribution in [1.29, 1.82) is 0 Å².